The van der Waals surface area contributed by atoms with Gasteiger partial charge in [0, 0.05) is 25.6 Å². The number of methoxy groups -OCH3 is 1. The SMILES string of the molecule is CCn1nccc1C(=O)N[C@H](c1cn2nc(CC3(C(=O)OC)CC(F)(F)CNC3=O)ccc2n1)C(C1CC1)C1CC1. The van der Waals surface area contributed by atoms with Crippen molar-refractivity contribution < 1.29 is 27.9 Å². The third kappa shape index (κ3) is 5.17. The number of ether oxygens (including phenoxy) is 1. The summed E-state index contributed by atoms with van der Waals surface area (Å²) in [5.74, 6) is -4.10. The number of piperidine rings is 1. The van der Waals surface area contributed by atoms with E-state index in [0.717, 1.165) is 32.8 Å². The van der Waals surface area contributed by atoms with E-state index in [9.17, 15) is 23.2 Å². The molecule has 0 bridgehead atoms. The van der Waals surface area contributed by atoms with E-state index in [1.165, 1.54) is 4.52 Å². The number of nitrogens with one attached hydrogen (secondary N) is 2. The van der Waals surface area contributed by atoms with Crippen LogP contribution in [0.4, 0.5) is 8.78 Å². The summed E-state index contributed by atoms with van der Waals surface area (Å²) in [4.78, 5) is 43.7. The highest BCUT2D eigenvalue weighted by Crippen LogP contribution is 2.54. The molecule has 2 N–H and O–H groups in total. The standard InChI is InChI=1S/C28H33F2N7O4/c1-3-36-20(10-11-32-36)24(38)34-23(22(16-4-5-16)17-6-7-17)19-13-37-21(33-19)9-8-18(35-37)12-27(26(40)41-2)14-28(29,30)15-31-25(27)39/h8-11,13,16-17,22-23H,3-7,12,14-15H2,1-2H3,(H,31,39)(H,34,38)/t23-,27?/m1/s1. The number of fused-ring (bicyclic) bond motifs is 1. The molecule has 4 heterocycles. The number of carbonyl (C=O) groups is 3. The average Bonchev–Trinajstić information content (AvgIpc) is 3.88. The lowest BCUT2D eigenvalue weighted by atomic mass is 9.74. The summed E-state index contributed by atoms with van der Waals surface area (Å²) in [5.41, 5.74) is -0.227. The van der Waals surface area contributed by atoms with E-state index in [2.05, 4.69) is 20.8 Å². The molecule has 2 saturated carbocycles. The molecule has 218 valence electrons. The number of aromatic nitrogens is 5. The Morgan fingerprint density at radius 3 is 2.59 bits per heavy atom. The third-order valence-electron chi connectivity index (χ3n) is 8.53. The van der Waals surface area contributed by atoms with Crippen LogP contribution in [0.25, 0.3) is 5.65 Å². The molecule has 2 amide bonds. The summed E-state index contributed by atoms with van der Waals surface area (Å²) >= 11 is 0. The minimum Gasteiger partial charge on any atom is -0.468 e. The predicted molar refractivity (Wildman–Crippen MR) is 141 cm³/mol. The molecule has 1 aliphatic heterocycles. The van der Waals surface area contributed by atoms with Gasteiger partial charge in [-0.1, -0.05) is 0 Å². The van der Waals surface area contributed by atoms with Crippen LogP contribution < -0.4 is 10.6 Å². The summed E-state index contributed by atoms with van der Waals surface area (Å²) in [6.07, 6.45) is 6.44. The highest BCUT2D eigenvalue weighted by Gasteiger charge is 2.57. The second-order valence-electron chi connectivity index (χ2n) is 11.5. The van der Waals surface area contributed by atoms with Crippen LogP contribution in [0.2, 0.25) is 0 Å². The number of imidazole rings is 1. The van der Waals surface area contributed by atoms with Crippen molar-refractivity contribution in [3.8, 4) is 0 Å². The molecular formula is C28H33F2N7O4. The van der Waals surface area contributed by atoms with Crippen molar-refractivity contribution in [1.29, 1.82) is 0 Å². The number of amides is 2. The van der Waals surface area contributed by atoms with Gasteiger partial charge in [0.25, 0.3) is 11.8 Å². The van der Waals surface area contributed by atoms with Crippen LogP contribution in [0.1, 0.15) is 66.9 Å². The molecule has 3 aromatic rings. The van der Waals surface area contributed by atoms with Crippen molar-refractivity contribution in [1.82, 2.24) is 35.0 Å². The van der Waals surface area contributed by atoms with Crippen molar-refractivity contribution >= 4 is 23.4 Å². The number of nitrogens with zero attached hydrogens (tertiary/aromatic N) is 5. The molecule has 2 atom stereocenters. The highest BCUT2D eigenvalue weighted by atomic mass is 19.3. The van der Waals surface area contributed by atoms with Crippen LogP contribution in [0.3, 0.4) is 0 Å². The number of carbonyl (C=O) groups excluding carboxylic acids is 3. The van der Waals surface area contributed by atoms with Crippen molar-refractivity contribution in [2.75, 3.05) is 13.7 Å². The van der Waals surface area contributed by atoms with Crippen LogP contribution in [0, 0.1) is 23.2 Å². The molecule has 3 aliphatic rings. The zero-order valence-electron chi connectivity index (χ0n) is 23.0. The third-order valence-corrected chi connectivity index (χ3v) is 8.53. The summed E-state index contributed by atoms with van der Waals surface area (Å²) in [5, 5.41) is 14.2. The Morgan fingerprint density at radius 2 is 1.93 bits per heavy atom. The van der Waals surface area contributed by atoms with Crippen molar-refractivity contribution in [3.63, 3.8) is 0 Å². The molecule has 0 aromatic carbocycles. The molecule has 0 radical (unpaired) electrons. The summed E-state index contributed by atoms with van der Waals surface area (Å²) < 4.78 is 36.7. The number of rotatable bonds is 10. The lowest BCUT2D eigenvalue weighted by molar-refractivity contribution is -0.172. The maximum absolute atomic E-state index is 14.4. The molecule has 1 unspecified atom stereocenters. The number of esters is 1. The van der Waals surface area contributed by atoms with Gasteiger partial charge >= 0.3 is 5.97 Å². The van der Waals surface area contributed by atoms with Gasteiger partial charge in [-0.2, -0.15) is 10.2 Å². The summed E-state index contributed by atoms with van der Waals surface area (Å²) in [6, 6.07) is 4.59. The number of hydrogen-bond donors (Lipinski definition) is 2. The zero-order valence-corrected chi connectivity index (χ0v) is 23.0. The second kappa shape index (κ2) is 10.2. The number of aryl methyl sites for hydroxylation is 1. The maximum atomic E-state index is 14.4. The minimum absolute atomic E-state index is 0.226. The number of hydrogen-bond acceptors (Lipinski definition) is 7. The van der Waals surface area contributed by atoms with Crippen molar-refractivity contribution in [3.05, 3.63) is 47.7 Å². The van der Waals surface area contributed by atoms with E-state index in [0.29, 0.717) is 35.4 Å². The molecule has 0 spiro atoms. The average molecular weight is 570 g/mol. The number of halogens is 2. The molecule has 2 aliphatic carbocycles. The molecule has 6 rings (SSSR count). The summed E-state index contributed by atoms with van der Waals surface area (Å²) in [7, 11) is 1.07. The first kappa shape index (κ1) is 27.3. The first-order valence-electron chi connectivity index (χ1n) is 14.1. The first-order valence-corrected chi connectivity index (χ1v) is 14.1. The van der Waals surface area contributed by atoms with Gasteiger partial charge in [-0.25, -0.2) is 18.3 Å². The molecule has 3 aromatic heterocycles. The maximum Gasteiger partial charge on any atom is 0.322 e. The van der Waals surface area contributed by atoms with E-state index in [-0.39, 0.29) is 30.0 Å². The Morgan fingerprint density at radius 1 is 1.20 bits per heavy atom. The van der Waals surface area contributed by atoms with E-state index in [4.69, 9.17) is 9.72 Å². The molecule has 11 nitrogen and oxygen atoms in total. The fourth-order valence-electron chi connectivity index (χ4n) is 6.28. The Bertz CT molecular complexity index is 1470. The van der Waals surface area contributed by atoms with Gasteiger partial charge in [0.1, 0.15) is 5.69 Å². The van der Waals surface area contributed by atoms with Crippen LogP contribution in [0.15, 0.2) is 30.6 Å². The zero-order chi connectivity index (χ0) is 28.9. The monoisotopic (exact) mass is 569 g/mol. The lowest BCUT2D eigenvalue weighted by Crippen LogP contribution is -2.59. The smallest absolute Gasteiger partial charge is 0.322 e. The van der Waals surface area contributed by atoms with Gasteiger partial charge in [0.2, 0.25) is 5.91 Å². The quantitative estimate of drug-likeness (QED) is 0.283. The second-order valence-corrected chi connectivity index (χ2v) is 11.5. The molecular weight excluding hydrogens is 536 g/mol. The van der Waals surface area contributed by atoms with E-state index in [1.54, 1.807) is 35.3 Å². The van der Waals surface area contributed by atoms with Crippen molar-refractivity contribution in [2.45, 2.75) is 64.0 Å². The van der Waals surface area contributed by atoms with Gasteiger partial charge in [0.05, 0.1) is 37.3 Å². The molecule has 13 heteroatoms. The Labute approximate surface area is 235 Å². The molecule has 1 saturated heterocycles. The minimum atomic E-state index is -3.27. The fourth-order valence-corrected chi connectivity index (χ4v) is 6.28. The largest absolute Gasteiger partial charge is 0.468 e. The van der Waals surface area contributed by atoms with Crippen LogP contribution in [-0.2, 0) is 27.3 Å². The van der Waals surface area contributed by atoms with E-state index >= 15 is 0 Å². The Kier molecular flexibility index (Phi) is 6.77. The van der Waals surface area contributed by atoms with Crippen LogP contribution >= 0.6 is 0 Å². The normalized spacial score (nSPS) is 22.9. The molecule has 41 heavy (non-hydrogen) atoms. The van der Waals surface area contributed by atoms with E-state index in [1.807, 2.05) is 6.92 Å². The number of alkyl halides is 2. The Balaban J connectivity index is 1.33. The highest BCUT2D eigenvalue weighted by molar-refractivity contribution is 6.03. The Hall–Kier alpha value is -3.90. The fraction of sp³-hybridized carbons (Fsp3) is 0.571. The van der Waals surface area contributed by atoms with Gasteiger partial charge < -0.3 is 15.4 Å². The van der Waals surface area contributed by atoms with Gasteiger partial charge in [-0.15, -0.1) is 0 Å². The van der Waals surface area contributed by atoms with Crippen LogP contribution in [-0.4, -0.2) is 61.7 Å². The molecule has 3 fully saturated rings. The summed E-state index contributed by atoms with van der Waals surface area (Å²) in [6.45, 7) is 1.65. The lowest BCUT2D eigenvalue weighted by Gasteiger charge is -2.37. The van der Waals surface area contributed by atoms with Gasteiger partial charge in [-0.3, -0.25) is 19.1 Å². The first-order chi connectivity index (χ1) is 19.6. The van der Waals surface area contributed by atoms with Crippen LogP contribution in [0.5, 0.6) is 0 Å². The predicted octanol–water partition coefficient (Wildman–Crippen LogP) is 2.71. The van der Waals surface area contributed by atoms with Gasteiger partial charge in [0.15, 0.2) is 11.1 Å². The van der Waals surface area contributed by atoms with Crippen molar-refractivity contribution in [2.24, 2.45) is 23.2 Å². The van der Waals surface area contributed by atoms with Gasteiger partial charge in [-0.05, 0) is 68.6 Å². The topological polar surface area (TPSA) is 133 Å². The van der Waals surface area contributed by atoms with E-state index < -0.39 is 36.2 Å².